The zero-order valence-corrected chi connectivity index (χ0v) is 13.1. The number of benzene rings is 2. The molecule has 0 bridgehead atoms. The average molecular weight is 347 g/mol. The van der Waals surface area contributed by atoms with Crippen molar-refractivity contribution >= 4 is 33.4 Å². The van der Waals surface area contributed by atoms with Crippen LogP contribution in [0.3, 0.4) is 0 Å². The highest BCUT2D eigenvalue weighted by molar-refractivity contribution is 9.08. The van der Waals surface area contributed by atoms with Crippen molar-refractivity contribution in [3.8, 4) is 0 Å². The Kier molecular flexibility index (Phi) is 5.11. The van der Waals surface area contributed by atoms with Gasteiger partial charge in [0.25, 0.3) is 11.8 Å². The number of amides is 2. The second-order valence-electron chi connectivity index (χ2n) is 4.44. The molecule has 0 heterocycles. The SMILES string of the molecule is CNC(=O)c1ccc(NC(=O)c2ccc(CBr)cc2)cc1. The quantitative estimate of drug-likeness (QED) is 0.835. The summed E-state index contributed by atoms with van der Waals surface area (Å²) in [5.74, 6) is -0.331. The minimum atomic E-state index is -0.177. The fourth-order valence-corrected chi connectivity index (χ4v) is 2.17. The standard InChI is InChI=1S/C16H15BrN2O2/c1-18-15(20)12-6-8-14(9-7-12)19-16(21)13-4-2-11(10-17)3-5-13/h2-9H,10H2,1H3,(H,18,20)(H,19,21). The first-order valence-corrected chi connectivity index (χ1v) is 7.54. The predicted molar refractivity (Wildman–Crippen MR) is 86.9 cm³/mol. The van der Waals surface area contributed by atoms with Crippen LogP contribution >= 0.6 is 15.9 Å². The van der Waals surface area contributed by atoms with E-state index in [9.17, 15) is 9.59 Å². The lowest BCUT2D eigenvalue weighted by Crippen LogP contribution is -2.17. The summed E-state index contributed by atoms with van der Waals surface area (Å²) in [6.45, 7) is 0. The molecule has 0 aliphatic rings. The van der Waals surface area contributed by atoms with Crippen molar-refractivity contribution in [1.82, 2.24) is 5.32 Å². The topological polar surface area (TPSA) is 58.2 Å². The van der Waals surface area contributed by atoms with E-state index in [-0.39, 0.29) is 11.8 Å². The Balaban J connectivity index is 2.06. The van der Waals surface area contributed by atoms with E-state index in [0.29, 0.717) is 16.8 Å². The van der Waals surface area contributed by atoms with Crippen molar-refractivity contribution < 1.29 is 9.59 Å². The molecule has 0 radical (unpaired) electrons. The molecule has 4 nitrogen and oxygen atoms in total. The van der Waals surface area contributed by atoms with Crippen molar-refractivity contribution in [2.45, 2.75) is 5.33 Å². The van der Waals surface area contributed by atoms with Crippen LogP contribution in [0.2, 0.25) is 0 Å². The zero-order valence-electron chi connectivity index (χ0n) is 11.5. The number of hydrogen-bond acceptors (Lipinski definition) is 2. The Bertz CT molecular complexity index is 636. The highest BCUT2D eigenvalue weighted by Gasteiger charge is 2.07. The maximum Gasteiger partial charge on any atom is 0.255 e. The molecule has 0 aliphatic carbocycles. The molecule has 2 rings (SSSR count). The van der Waals surface area contributed by atoms with Gasteiger partial charge in [0.2, 0.25) is 0 Å². The van der Waals surface area contributed by atoms with Crippen LogP contribution in [0, 0.1) is 0 Å². The number of anilines is 1. The fraction of sp³-hybridized carbons (Fsp3) is 0.125. The van der Waals surface area contributed by atoms with E-state index in [1.54, 1.807) is 43.4 Å². The van der Waals surface area contributed by atoms with Crippen LogP contribution in [-0.2, 0) is 5.33 Å². The van der Waals surface area contributed by atoms with E-state index < -0.39 is 0 Å². The maximum absolute atomic E-state index is 12.1. The average Bonchev–Trinajstić information content (AvgIpc) is 2.55. The smallest absolute Gasteiger partial charge is 0.255 e. The Morgan fingerprint density at radius 3 is 1.95 bits per heavy atom. The molecule has 0 saturated carbocycles. The number of nitrogens with one attached hydrogen (secondary N) is 2. The number of alkyl halides is 1. The highest BCUT2D eigenvalue weighted by Crippen LogP contribution is 2.13. The number of hydrogen-bond donors (Lipinski definition) is 2. The van der Waals surface area contributed by atoms with Crippen LogP contribution in [0.5, 0.6) is 0 Å². The number of carbonyl (C=O) groups is 2. The zero-order chi connectivity index (χ0) is 15.2. The maximum atomic E-state index is 12.1. The first-order valence-electron chi connectivity index (χ1n) is 6.42. The van der Waals surface area contributed by atoms with Gasteiger partial charge in [0.05, 0.1) is 0 Å². The first kappa shape index (κ1) is 15.3. The Morgan fingerprint density at radius 2 is 1.43 bits per heavy atom. The summed E-state index contributed by atoms with van der Waals surface area (Å²) >= 11 is 3.36. The van der Waals surface area contributed by atoms with Gasteiger partial charge in [-0.15, -0.1) is 0 Å². The number of rotatable bonds is 4. The molecule has 21 heavy (non-hydrogen) atoms. The highest BCUT2D eigenvalue weighted by atomic mass is 79.9. The molecule has 0 spiro atoms. The van der Waals surface area contributed by atoms with Gasteiger partial charge in [0.1, 0.15) is 0 Å². The van der Waals surface area contributed by atoms with Crippen LogP contribution in [0.25, 0.3) is 0 Å². The van der Waals surface area contributed by atoms with Crippen LogP contribution in [-0.4, -0.2) is 18.9 Å². The number of carbonyl (C=O) groups excluding carboxylic acids is 2. The molecule has 0 saturated heterocycles. The Labute approximate surface area is 131 Å². The van der Waals surface area contributed by atoms with Gasteiger partial charge in [-0.25, -0.2) is 0 Å². The lowest BCUT2D eigenvalue weighted by Gasteiger charge is -2.07. The molecule has 2 amide bonds. The summed E-state index contributed by atoms with van der Waals surface area (Å²) < 4.78 is 0. The van der Waals surface area contributed by atoms with E-state index in [0.717, 1.165) is 10.9 Å². The molecular formula is C16H15BrN2O2. The summed E-state index contributed by atoms with van der Waals surface area (Å²) in [6, 6.07) is 14.1. The molecule has 0 aromatic heterocycles. The van der Waals surface area contributed by atoms with Gasteiger partial charge >= 0.3 is 0 Å². The molecule has 0 unspecified atom stereocenters. The molecule has 2 N–H and O–H groups in total. The molecule has 2 aromatic carbocycles. The van der Waals surface area contributed by atoms with Crippen molar-refractivity contribution in [3.63, 3.8) is 0 Å². The van der Waals surface area contributed by atoms with Gasteiger partial charge in [-0.1, -0.05) is 28.1 Å². The monoisotopic (exact) mass is 346 g/mol. The third-order valence-corrected chi connectivity index (χ3v) is 3.65. The van der Waals surface area contributed by atoms with Gasteiger partial charge in [-0.2, -0.15) is 0 Å². The van der Waals surface area contributed by atoms with Gasteiger partial charge < -0.3 is 10.6 Å². The van der Waals surface area contributed by atoms with E-state index in [4.69, 9.17) is 0 Å². The predicted octanol–water partition coefficient (Wildman–Crippen LogP) is 3.19. The van der Waals surface area contributed by atoms with Crippen LogP contribution < -0.4 is 10.6 Å². The molecule has 0 aliphatic heterocycles. The third kappa shape index (κ3) is 3.92. The summed E-state index contributed by atoms with van der Waals surface area (Å²) in [5.41, 5.74) is 2.91. The normalized spacial score (nSPS) is 10.0. The first-order chi connectivity index (χ1) is 10.1. The summed E-state index contributed by atoms with van der Waals surface area (Å²) in [7, 11) is 1.58. The minimum absolute atomic E-state index is 0.154. The van der Waals surface area contributed by atoms with Crippen LogP contribution in [0.1, 0.15) is 26.3 Å². The number of halogens is 1. The van der Waals surface area contributed by atoms with E-state index >= 15 is 0 Å². The van der Waals surface area contributed by atoms with E-state index in [1.165, 1.54) is 0 Å². The van der Waals surface area contributed by atoms with Crippen molar-refractivity contribution in [1.29, 1.82) is 0 Å². The van der Waals surface area contributed by atoms with Crippen molar-refractivity contribution in [2.75, 3.05) is 12.4 Å². The summed E-state index contributed by atoms with van der Waals surface area (Å²) in [5, 5.41) is 6.11. The molecule has 2 aromatic rings. The summed E-state index contributed by atoms with van der Waals surface area (Å²) in [4.78, 5) is 23.5. The van der Waals surface area contributed by atoms with E-state index in [1.807, 2.05) is 12.1 Å². The van der Waals surface area contributed by atoms with Crippen molar-refractivity contribution in [3.05, 3.63) is 65.2 Å². The molecular weight excluding hydrogens is 332 g/mol. The van der Waals surface area contributed by atoms with Crippen LogP contribution in [0.15, 0.2) is 48.5 Å². The van der Waals surface area contributed by atoms with Gasteiger partial charge in [-0.05, 0) is 42.0 Å². The van der Waals surface area contributed by atoms with E-state index in [2.05, 4.69) is 26.6 Å². The molecule has 108 valence electrons. The molecule has 5 heteroatoms. The Hall–Kier alpha value is -2.14. The lowest BCUT2D eigenvalue weighted by atomic mass is 10.1. The lowest BCUT2D eigenvalue weighted by molar-refractivity contribution is 0.0962. The second-order valence-corrected chi connectivity index (χ2v) is 5.00. The molecule has 0 fully saturated rings. The van der Waals surface area contributed by atoms with Crippen molar-refractivity contribution in [2.24, 2.45) is 0 Å². The largest absolute Gasteiger partial charge is 0.355 e. The summed E-state index contributed by atoms with van der Waals surface area (Å²) in [6.07, 6.45) is 0. The van der Waals surface area contributed by atoms with Crippen LogP contribution in [0.4, 0.5) is 5.69 Å². The van der Waals surface area contributed by atoms with Gasteiger partial charge in [0.15, 0.2) is 0 Å². The van der Waals surface area contributed by atoms with Gasteiger partial charge in [0, 0.05) is 29.2 Å². The Morgan fingerprint density at radius 1 is 0.905 bits per heavy atom. The fourth-order valence-electron chi connectivity index (χ4n) is 1.80. The minimum Gasteiger partial charge on any atom is -0.355 e. The molecule has 0 atom stereocenters. The van der Waals surface area contributed by atoms with Gasteiger partial charge in [-0.3, -0.25) is 9.59 Å². The third-order valence-electron chi connectivity index (χ3n) is 3.00. The second kappa shape index (κ2) is 7.04.